The molecular formula is C4H5ClOZn-. The quantitative estimate of drug-likeness (QED) is 0.372. The summed E-state index contributed by atoms with van der Waals surface area (Å²) in [5.74, 6) is 0. The third kappa shape index (κ3) is 4.30. The van der Waals surface area contributed by atoms with Gasteiger partial charge in [-0.05, 0) is 6.08 Å². The van der Waals surface area contributed by atoms with Crippen molar-refractivity contribution in [3.63, 3.8) is 0 Å². The van der Waals surface area contributed by atoms with Gasteiger partial charge < -0.3 is 17.1 Å². The molecule has 1 aliphatic heterocycles. The van der Waals surface area contributed by atoms with Crippen molar-refractivity contribution in [2.45, 2.75) is 6.42 Å². The van der Waals surface area contributed by atoms with Crippen LogP contribution in [0.3, 0.4) is 0 Å². The molecule has 0 aromatic rings. The van der Waals surface area contributed by atoms with E-state index < -0.39 is 0 Å². The molecule has 0 aliphatic carbocycles. The summed E-state index contributed by atoms with van der Waals surface area (Å²) in [5, 5.41) is 0. The van der Waals surface area contributed by atoms with E-state index in [2.05, 4.69) is 11.0 Å². The van der Waals surface area contributed by atoms with Crippen LogP contribution in [-0.2, 0) is 24.2 Å². The van der Waals surface area contributed by atoms with Gasteiger partial charge in [0.2, 0.25) is 0 Å². The van der Waals surface area contributed by atoms with Crippen LogP contribution in [0.15, 0.2) is 6.08 Å². The first-order chi connectivity index (χ1) is 2.50. The summed E-state index contributed by atoms with van der Waals surface area (Å²) >= 11 is 0. The van der Waals surface area contributed by atoms with Crippen LogP contribution >= 0.6 is 0 Å². The first-order valence-electron chi connectivity index (χ1n) is 1.69. The molecule has 7 heavy (non-hydrogen) atoms. The first-order valence-corrected chi connectivity index (χ1v) is 1.69. The van der Waals surface area contributed by atoms with E-state index in [1.807, 2.05) is 6.08 Å². The van der Waals surface area contributed by atoms with E-state index in [1.54, 1.807) is 0 Å². The molecule has 1 heterocycles. The summed E-state index contributed by atoms with van der Waals surface area (Å²) in [6.45, 7) is 0.833. The molecule has 0 aromatic heterocycles. The van der Waals surface area contributed by atoms with Crippen LogP contribution in [0.1, 0.15) is 6.42 Å². The van der Waals surface area contributed by atoms with E-state index in [0.29, 0.717) is 0 Å². The molecule has 1 nitrogen and oxygen atoms in total. The van der Waals surface area contributed by atoms with Crippen LogP contribution in [-0.4, -0.2) is 6.61 Å². The van der Waals surface area contributed by atoms with Crippen molar-refractivity contribution in [1.82, 2.24) is 0 Å². The van der Waals surface area contributed by atoms with Crippen molar-refractivity contribution in [1.29, 1.82) is 0 Å². The second-order valence-corrected chi connectivity index (χ2v) is 0.959. The van der Waals surface area contributed by atoms with Crippen molar-refractivity contribution in [2.24, 2.45) is 0 Å². The van der Waals surface area contributed by atoms with E-state index in [0.717, 1.165) is 13.0 Å². The zero-order chi connectivity index (χ0) is 3.54. The molecule has 0 bridgehead atoms. The maximum absolute atomic E-state index is 4.64. The van der Waals surface area contributed by atoms with E-state index in [-0.39, 0.29) is 31.9 Å². The monoisotopic (exact) mass is 168 g/mol. The van der Waals surface area contributed by atoms with Crippen molar-refractivity contribution in [2.75, 3.05) is 6.61 Å². The Morgan fingerprint density at radius 3 is 2.43 bits per heavy atom. The van der Waals surface area contributed by atoms with Crippen LogP contribution in [0, 0.1) is 6.26 Å². The fourth-order valence-electron chi connectivity index (χ4n) is 0.295. The molecular weight excluding hydrogens is 165 g/mol. The van der Waals surface area contributed by atoms with Gasteiger partial charge in [0.1, 0.15) is 0 Å². The predicted molar refractivity (Wildman–Crippen MR) is 18.4 cm³/mol. The van der Waals surface area contributed by atoms with Crippen molar-refractivity contribution >= 4 is 0 Å². The number of hydrogen-bond donors (Lipinski definition) is 0. The Labute approximate surface area is 62.3 Å². The molecule has 1 aliphatic rings. The van der Waals surface area contributed by atoms with Gasteiger partial charge in [-0.1, -0.05) is 0 Å². The number of hydrogen-bond acceptors (Lipinski definition) is 1. The molecule has 1 rings (SSSR count). The molecule has 0 fully saturated rings. The Balaban J connectivity index is 0. The average Bonchev–Trinajstić information content (AvgIpc) is 1.76. The Hall–Kier alpha value is 0.453. The summed E-state index contributed by atoms with van der Waals surface area (Å²) in [6, 6.07) is 0. The summed E-state index contributed by atoms with van der Waals surface area (Å²) < 4.78 is 4.64. The number of ether oxygens (including phenoxy) is 1. The largest absolute Gasteiger partial charge is 1.00 e. The molecule has 3 heteroatoms. The maximum atomic E-state index is 4.64. The smallest absolute Gasteiger partial charge is 0.156 e. The van der Waals surface area contributed by atoms with Gasteiger partial charge in [-0.2, -0.15) is 0 Å². The second-order valence-electron chi connectivity index (χ2n) is 0.959. The molecule has 0 saturated heterocycles. The number of halogens is 1. The van der Waals surface area contributed by atoms with Crippen LogP contribution < -0.4 is 12.4 Å². The minimum Gasteiger partial charge on any atom is -1.00 e. The summed E-state index contributed by atoms with van der Waals surface area (Å²) in [5.41, 5.74) is 0. The van der Waals surface area contributed by atoms with E-state index in [1.165, 1.54) is 0 Å². The molecule has 0 spiro atoms. The van der Waals surface area contributed by atoms with Crippen LogP contribution in [0.2, 0.25) is 0 Å². The fourth-order valence-corrected chi connectivity index (χ4v) is 0.295. The molecule has 37 valence electrons. The second kappa shape index (κ2) is 6.45. The van der Waals surface area contributed by atoms with Gasteiger partial charge in [0, 0.05) is 25.9 Å². The van der Waals surface area contributed by atoms with E-state index >= 15 is 0 Å². The van der Waals surface area contributed by atoms with Gasteiger partial charge in [-0.3, -0.25) is 0 Å². The van der Waals surface area contributed by atoms with E-state index in [9.17, 15) is 0 Å². The van der Waals surface area contributed by atoms with Gasteiger partial charge in [-0.25, -0.2) is 0 Å². The van der Waals surface area contributed by atoms with Crippen molar-refractivity contribution in [3.8, 4) is 0 Å². The molecule has 0 aromatic carbocycles. The molecule has 1 radical (unpaired) electrons. The topological polar surface area (TPSA) is 9.23 Å². The maximum Gasteiger partial charge on any atom is 0.156 e. The molecule has 0 saturated carbocycles. The van der Waals surface area contributed by atoms with Gasteiger partial charge in [0.05, 0.1) is 6.61 Å². The Bertz CT molecular complexity index is 49.7. The Morgan fingerprint density at radius 1 is 1.57 bits per heavy atom. The minimum atomic E-state index is 0. The van der Waals surface area contributed by atoms with Gasteiger partial charge >= 0.3 is 0 Å². The average molecular weight is 170 g/mol. The molecule has 0 N–H and O–H groups in total. The Morgan fingerprint density at radius 2 is 2.29 bits per heavy atom. The third-order valence-corrected chi connectivity index (χ3v) is 0.531. The van der Waals surface area contributed by atoms with Crippen molar-refractivity contribution in [3.05, 3.63) is 12.3 Å². The van der Waals surface area contributed by atoms with Crippen LogP contribution in [0.5, 0.6) is 0 Å². The molecule has 0 atom stereocenters. The van der Waals surface area contributed by atoms with Crippen molar-refractivity contribution < 1.29 is 36.6 Å². The van der Waals surface area contributed by atoms with Gasteiger partial charge in [0.15, 0.2) is 6.26 Å². The minimum absolute atomic E-state index is 0. The Kier molecular flexibility index (Phi) is 9.62. The zero-order valence-electron chi connectivity index (χ0n) is 3.98. The van der Waals surface area contributed by atoms with Crippen LogP contribution in [0.4, 0.5) is 0 Å². The third-order valence-electron chi connectivity index (χ3n) is 0.531. The summed E-state index contributed by atoms with van der Waals surface area (Å²) in [7, 11) is 0. The first kappa shape index (κ1) is 10.4. The summed E-state index contributed by atoms with van der Waals surface area (Å²) in [6.07, 6.45) is 5.53. The summed E-state index contributed by atoms with van der Waals surface area (Å²) in [4.78, 5) is 0. The molecule has 0 amide bonds. The predicted octanol–water partition coefficient (Wildman–Crippen LogP) is -2.27. The van der Waals surface area contributed by atoms with Crippen LogP contribution in [0.25, 0.3) is 0 Å². The van der Waals surface area contributed by atoms with Gasteiger partial charge in [-0.15, -0.1) is 0 Å². The zero-order valence-corrected chi connectivity index (χ0v) is 7.71. The normalized spacial score (nSPS) is 13.7. The van der Waals surface area contributed by atoms with Gasteiger partial charge in [0.25, 0.3) is 0 Å². The molecule has 0 unspecified atom stereocenters. The van der Waals surface area contributed by atoms with E-state index in [4.69, 9.17) is 0 Å². The number of rotatable bonds is 0. The SMILES string of the molecule is [C]1=CCCO1.[Cl-].[Zn]. The standard InChI is InChI=1S/C4H5O.ClH.Zn/c1-2-4-5-3-1;;/h1H,2,4H2;1H;/p-1. The fraction of sp³-hybridized carbons (Fsp3) is 0.500.